The van der Waals surface area contributed by atoms with Gasteiger partial charge in [0.25, 0.3) is 0 Å². The zero-order valence-electron chi connectivity index (χ0n) is 7.12. The van der Waals surface area contributed by atoms with Crippen molar-refractivity contribution >= 4 is 22.2 Å². The summed E-state index contributed by atoms with van der Waals surface area (Å²) in [5.41, 5.74) is 0. The molecule has 0 saturated carbocycles. The van der Waals surface area contributed by atoms with Crippen LogP contribution in [0, 0.1) is 5.92 Å². The molecule has 0 bridgehead atoms. The summed E-state index contributed by atoms with van der Waals surface area (Å²) in [5, 5.41) is 2.92. The maximum absolute atomic E-state index is 12.5. The van der Waals surface area contributed by atoms with Crippen molar-refractivity contribution in [3.05, 3.63) is 0 Å². The van der Waals surface area contributed by atoms with Crippen molar-refractivity contribution in [2.75, 3.05) is 25.5 Å². The van der Waals surface area contributed by atoms with E-state index in [9.17, 15) is 12.8 Å². The third-order valence-corrected chi connectivity index (χ3v) is 5.77. The fraction of sp³-hybridized carbons (Fsp3) is 1.00. The summed E-state index contributed by atoms with van der Waals surface area (Å²) < 4.78 is 34.8. The lowest BCUT2D eigenvalue weighted by Gasteiger charge is -2.41. The van der Waals surface area contributed by atoms with E-state index >= 15 is 0 Å². The second-order valence-corrected chi connectivity index (χ2v) is 6.08. The van der Waals surface area contributed by atoms with Gasteiger partial charge in [-0.1, -0.05) is 0 Å². The van der Waals surface area contributed by atoms with Crippen LogP contribution in [-0.4, -0.2) is 38.7 Å². The molecular formula is C7H13ClFNO2S. The zero-order valence-corrected chi connectivity index (χ0v) is 8.76. The first-order valence-corrected chi connectivity index (χ1v) is 5.77. The number of halogens is 2. The molecule has 0 amide bonds. The number of hydrogen-bond acceptors (Lipinski definition) is 3. The summed E-state index contributed by atoms with van der Waals surface area (Å²) in [4.78, 5) is 0. The Bertz CT molecular complexity index is 289. The highest BCUT2D eigenvalue weighted by atomic mass is 35.5. The van der Waals surface area contributed by atoms with E-state index in [4.69, 9.17) is 0 Å². The standard InChI is InChI=1S/C7H12FNO2S.ClH/c8-3-6-1-2-12(10,11)7(6)4-9-5-7;/h6,9H,1-5H2;1H. The van der Waals surface area contributed by atoms with Crippen LogP contribution in [0.3, 0.4) is 0 Å². The summed E-state index contributed by atoms with van der Waals surface area (Å²) in [6.45, 7) is 0.398. The molecule has 0 aromatic rings. The molecule has 78 valence electrons. The molecule has 0 aromatic heterocycles. The summed E-state index contributed by atoms with van der Waals surface area (Å²) in [5.74, 6) is -0.0905. The number of alkyl halides is 1. The average Bonchev–Trinajstić information content (AvgIpc) is 2.19. The highest BCUT2D eigenvalue weighted by Gasteiger charge is 2.58. The van der Waals surface area contributed by atoms with Gasteiger partial charge in [-0.15, -0.1) is 12.4 Å². The monoisotopic (exact) mass is 229 g/mol. The van der Waals surface area contributed by atoms with Crippen molar-refractivity contribution in [2.24, 2.45) is 5.92 Å². The fourth-order valence-electron chi connectivity index (χ4n) is 2.12. The summed E-state index contributed by atoms with van der Waals surface area (Å²) in [6, 6.07) is 0. The summed E-state index contributed by atoms with van der Waals surface area (Å²) in [7, 11) is -3.01. The molecular weight excluding hydrogens is 217 g/mol. The molecule has 2 fully saturated rings. The molecule has 3 nitrogen and oxygen atoms in total. The van der Waals surface area contributed by atoms with Gasteiger partial charge in [-0.2, -0.15) is 0 Å². The Labute approximate surface area is 83.4 Å². The number of rotatable bonds is 1. The molecule has 13 heavy (non-hydrogen) atoms. The van der Waals surface area contributed by atoms with E-state index in [0.717, 1.165) is 0 Å². The Morgan fingerprint density at radius 2 is 2.08 bits per heavy atom. The molecule has 1 N–H and O–H groups in total. The minimum absolute atomic E-state index is 0. The summed E-state index contributed by atoms with van der Waals surface area (Å²) in [6.07, 6.45) is 0.501. The minimum atomic E-state index is -3.01. The quantitative estimate of drug-likeness (QED) is 0.697. The lowest BCUT2D eigenvalue weighted by Crippen LogP contribution is -2.65. The van der Waals surface area contributed by atoms with E-state index in [1.54, 1.807) is 0 Å². The van der Waals surface area contributed by atoms with Crippen LogP contribution >= 0.6 is 12.4 Å². The van der Waals surface area contributed by atoms with E-state index in [1.165, 1.54) is 0 Å². The van der Waals surface area contributed by atoms with E-state index in [-0.39, 0.29) is 24.1 Å². The highest BCUT2D eigenvalue weighted by Crippen LogP contribution is 2.40. The molecule has 0 aromatic carbocycles. The molecule has 2 aliphatic heterocycles. The predicted molar refractivity (Wildman–Crippen MR) is 50.7 cm³/mol. The topological polar surface area (TPSA) is 46.2 Å². The third kappa shape index (κ3) is 1.28. The van der Waals surface area contributed by atoms with Crippen molar-refractivity contribution in [3.8, 4) is 0 Å². The predicted octanol–water partition coefficient (Wildman–Crippen LogP) is 0.154. The molecule has 6 heteroatoms. The van der Waals surface area contributed by atoms with Gasteiger partial charge >= 0.3 is 0 Å². The van der Waals surface area contributed by atoms with Crippen LogP contribution in [0.5, 0.6) is 0 Å². The molecule has 1 atom stereocenters. The normalized spacial score (nSPS) is 33.8. The lowest BCUT2D eigenvalue weighted by atomic mass is 9.86. The molecule has 1 unspecified atom stereocenters. The maximum atomic E-state index is 12.5. The average molecular weight is 230 g/mol. The fourth-order valence-corrected chi connectivity index (χ4v) is 4.45. The first kappa shape index (κ1) is 11.2. The lowest BCUT2D eigenvalue weighted by molar-refractivity contribution is 0.227. The Kier molecular flexibility index (Phi) is 2.90. The van der Waals surface area contributed by atoms with Gasteiger partial charge in [0.05, 0.1) is 12.4 Å². The Balaban J connectivity index is 0.000000845. The molecule has 2 rings (SSSR count). The Hall–Kier alpha value is 0.130. The van der Waals surface area contributed by atoms with E-state index in [1.807, 2.05) is 0 Å². The smallest absolute Gasteiger partial charge is 0.158 e. The van der Waals surface area contributed by atoms with Gasteiger partial charge in [0.15, 0.2) is 9.84 Å². The van der Waals surface area contributed by atoms with Gasteiger partial charge in [0, 0.05) is 19.0 Å². The first-order chi connectivity index (χ1) is 5.62. The van der Waals surface area contributed by atoms with Gasteiger partial charge < -0.3 is 5.32 Å². The van der Waals surface area contributed by atoms with Gasteiger partial charge in [0.1, 0.15) is 4.75 Å². The molecule has 1 spiro atoms. The van der Waals surface area contributed by atoms with Gasteiger partial charge in [-0.3, -0.25) is 4.39 Å². The second-order valence-electron chi connectivity index (χ2n) is 3.63. The van der Waals surface area contributed by atoms with Gasteiger partial charge in [0.2, 0.25) is 0 Å². The molecule has 0 aliphatic carbocycles. The van der Waals surface area contributed by atoms with Gasteiger partial charge in [-0.25, -0.2) is 8.42 Å². The van der Waals surface area contributed by atoms with Crippen molar-refractivity contribution in [2.45, 2.75) is 11.2 Å². The Morgan fingerprint density at radius 3 is 2.38 bits per heavy atom. The largest absolute Gasteiger partial charge is 0.313 e. The van der Waals surface area contributed by atoms with Crippen LogP contribution in [0.15, 0.2) is 0 Å². The molecule has 0 radical (unpaired) electrons. The van der Waals surface area contributed by atoms with Crippen LogP contribution in [0.1, 0.15) is 6.42 Å². The summed E-state index contributed by atoms with van der Waals surface area (Å²) >= 11 is 0. The van der Waals surface area contributed by atoms with Crippen LogP contribution in [0.2, 0.25) is 0 Å². The highest BCUT2D eigenvalue weighted by molar-refractivity contribution is 7.93. The molecule has 2 aliphatic rings. The van der Waals surface area contributed by atoms with E-state index < -0.39 is 21.3 Å². The minimum Gasteiger partial charge on any atom is -0.313 e. The van der Waals surface area contributed by atoms with Crippen LogP contribution < -0.4 is 5.32 Å². The SMILES string of the molecule is Cl.O=S1(=O)CCC(CF)C12CNC2. The second kappa shape index (κ2) is 3.37. The van der Waals surface area contributed by atoms with Crippen LogP contribution in [0.25, 0.3) is 0 Å². The Morgan fingerprint density at radius 1 is 1.46 bits per heavy atom. The number of sulfone groups is 1. The number of nitrogens with one attached hydrogen (secondary N) is 1. The van der Waals surface area contributed by atoms with Crippen molar-refractivity contribution in [1.82, 2.24) is 5.32 Å². The first-order valence-electron chi connectivity index (χ1n) is 4.11. The maximum Gasteiger partial charge on any atom is 0.158 e. The van der Waals surface area contributed by atoms with E-state index in [2.05, 4.69) is 5.32 Å². The van der Waals surface area contributed by atoms with Crippen molar-refractivity contribution in [1.29, 1.82) is 0 Å². The van der Waals surface area contributed by atoms with Crippen LogP contribution in [0.4, 0.5) is 4.39 Å². The van der Waals surface area contributed by atoms with Crippen molar-refractivity contribution in [3.63, 3.8) is 0 Å². The third-order valence-electron chi connectivity index (χ3n) is 3.13. The molecule has 2 heterocycles. The zero-order chi connectivity index (χ0) is 8.82. The van der Waals surface area contributed by atoms with E-state index in [0.29, 0.717) is 19.5 Å². The number of hydrogen-bond donors (Lipinski definition) is 1. The van der Waals surface area contributed by atoms with Gasteiger partial charge in [-0.05, 0) is 6.42 Å². The molecule has 2 saturated heterocycles. The van der Waals surface area contributed by atoms with Crippen LogP contribution in [-0.2, 0) is 9.84 Å². The van der Waals surface area contributed by atoms with Crippen molar-refractivity contribution < 1.29 is 12.8 Å².